The van der Waals surface area contributed by atoms with Gasteiger partial charge in [0, 0.05) is 6.20 Å². The standard InChI is InChI=1S/C12H17IN3/c1-9-14-11(12(13)16(2,3)4)10-7-5-6-8-15(9)10/h5-8,12H,1-4H3/q+1. The lowest BCUT2D eigenvalue weighted by Crippen LogP contribution is -2.35. The van der Waals surface area contributed by atoms with E-state index in [1.165, 1.54) is 11.2 Å². The Kier molecular flexibility index (Phi) is 2.96. The number of alkyl halides is 1. The number of quaternary nitrogens is 1. The minimum absolute atomic E-state index is 0.365. The van der Waals surface area contributed by atoms with Gasteiger partial charge in [0.2, 0.25) is 0 Å². The fraction of sp³-hybridized carbons (Fsp3) is 0.417. The van der Waals surface area contributed by atoms with Crippen LogP contribution in [0.1, 0.15) is 15.6 Å². The molecule has 0 saturated heterocycles. The number of aryl methyl sites for hydroxylation is 1. The maximum Gasteiger partial charge on any atom is 0.183 e. The molecule has 0 fully saturated rings. The summed E-state index contributed by atoms with van der Waals surface area (Å²) in [5.41, 5.74) is 2.39. The van der Waals surface area contributed by atoms with Gasteiger partial charge in [0.25, 0.3) is 0 Å². The van der Waals surface area contributed by atoms with Gasteiger partial charge in [-0.2, -0.15) is 0 Å². The Labute approximate surface area is 110 Å². The van der Waals surface area contributed by atoms with Crippen LogP contribution in [0.5, 0.6) is 0 Å². The fourth-order valence-corrected chi connectivity index (χ4v) is 2.22. The number of imidazole rings is 1. The lowest BCUT2D eigenvalue weighted by atomic mass is 10.3. The monoisotopic (exact) mass is 330 g/mol. The molecule has 0 N–H and O–H groups in total. The molecule has 2 aromatic heterocycles. The van der Waals surface area contributed by atoms with E-state index in [0.29, 0.717) is 4.05 Å². The molecule has 0 amide bonds. The summed E-state index contributed by atoms with van der Waals surface area (Å²) in [6.45, 7) is 2.05. The molecule has 0 aliphatic carbocycles. The Morgan fingerprint density at radius 1 is 1.31 bits per heavy atom. The SMILES string of the molecule is Cc1nc(C(I)[N+](C)(C)C)c2ccccn12. The maximum absolute atomic E-state index is 4.70. The molecule has 1 atom stereocenters. The van der Waals surface area contributed by atoms with Crippen LogP contribution in [-0.2, 0) is 0 Å². The number of aromatic nitrogens is 2. The molecule has 4 heteroatoms. The highest BCUT2D eigenvalue weighted by Gasteiger charge is 2.27. The van der Waals surface area contributed by atoms with Gasteiger partial charge in [0.1, 0.15) is 11.5 Å². The van der Waals surface area contributed by atoms with Gasteiger partial charge >= 0.3 is 0 Å². The predicted molar refractivity (Wildman–Crippen MR) is 74.7 cm³/mol. The van der Waals surface area contributed by atoms with Crippen molar-refractivity contribution in [1.82, 2.24) is 9.38 Å². The van der Waals surface area contributed by atoms with Crippen molar-refractivity contribution in [2.24, 2.45) is 0 Å². The fourth-order valence-electron chi connectivity index (χ4n) is 1.76. The van der Waals surface area contributed by atoms with Gasteiger partial charge in [0.05, 0.1) is 26.7 Å². The van der Waals surface area contributed by atoms with Crippen LogP contribution in [0, 0.1) is 6.92 Å². The van der Waals surface area contributed by atoms with E-state index in [2.05, 4.69) is 73.4 Å². The number of pyridine rings is 1. The lowest BCUT2D eigenvalue weighted by molar-refractivity contribution is -0.882. The number of hydrogen-bond acceptors (Lipinski definition) is 1. The molecule has 0 aromatic carbocycles. The Bertz CT molecular complexity index is 510. The molecule has 0 bridgehead atoms. The highest BCUT2D eigenvalue weighted by molar-refractivity contribution is 14.1. The van der Waals surface area contributed by atoms with Crippen molar-refractivity contribution in [3.63, 3.8) is 0 Å². The molecule has 0 aliphatic rings. The summed E-state index contributed by atoms with van der Waals surface area (Å²) >= 11 is 2.47. The summed E-state index contributed by atoms with van der Waals surface area (Å²) in [4.78, 5) is 4.70. The first-order chi connectivity index (χ1) is 7.41. The van der Waals surface area contributed by atoms with E-state index >= 15 is 0 Å². The number of rotatable bonds is 2. The molecule has 86 valence electrons. The minimum atomic E-state index is 0.365. The molecular weight excluding hydrogens is 313 g/mol. The summed E-state index contributed by atoms with van der Waals surface area (Å²) in [7, 11) is 6.58. The third-order valence-corrected chi connectivity index (χ3v) is 4.92. The Hall–Kier alpha value is -0.620. The molecule has 2 aromatic rings. The summed E-state index contributed by atoms with van der Waals surface area (Å²) in [6.07, 6.45) is 2.07. The molecule has 2 rings (SSSR count). The highest BCUT2D eigenvalue weighted by atomic mass is 127. The van der Waals surface area contributed by atoms with E-state index in [9.17, 15) is 0 Å². The smallest absolute Gasteiger partial charge is 0.183 e. The second kappa shape index (κ2) is 4.00. The topological polar surface area (TPSA) is 17.3 Å². The van der Waals surface area contributed by atoms with Gasteiger partial charge < -0.3 is 8.88 Å². The third kappa shape index (κ3) is 1.96. The van der Waals surface area contributed by atoms with Gasteiger partial charge in [-0.15, -0.1) is 0 Å². The van der Waals surface area contributed by atoms with Crippen molar-refractivity contribution in [2.75, 3.05) is 21.1 Å². The van der Waals surface area contributed by atoms with Crippen molar-refractivity contribution in [3.8, 4) is 0 Å². The second-order valence-corrected chi connectivity index (χ2v) is 6.13. The molecule has 0 aliphatic heterocycles. The highest BCUT2D eigenvalue weighted by Crippen LogP contribution is 2.32. The third-order valence-electron chi connectivity index (χ3n) is 2.66. The van der Waals surface area contributed by atoms with Crippen molar-refractivity contribution >= 4 is 28.1 Å². The summed E-state index contributed by atoms with van der Waals surface area (Å²) < 4.78 is 3.39. The van der Waals surface area contributed by atoms with Crippen molar-refractivity contribution < 1.29 is 4.48 Å². The second-order valence-electron chi connectivity index (χ2n) is 4.95. The largest absolute Gasteiger partial charge is 0.315 e. The van der Waals surface area contributed by atoms with E-state index in [1.807, 2.05) is 6.07 Å². The number of nitrogens with zero attached hydrogens (tertiary/aromatic N) is 3. The Morgan fingerprint density at radius 2 is 2.00 bits per heavy atom. The zero-order valence-corrected chi connectivity index (χ0v) is 12.3. The first-order valence-corrected chi connectivity index (χ1v) is 6.54. The molecule has 1 unspecified atom stereocenters. The van der Waals surface area contributed by atoms with E-state index in [1.54, 1.807) is 0 Å². The number of fused-ring (bicyclic) bond motifs is 1. The summed E-state index contributed by atoms with van der Waals surface area (Å²) in [5.74, 6) is 1.06. The summed E-state index contributed by atoms with van der Waals surface area (Å²) in [6, 6.07) is 6.25. The predicted octanol–water partition coefficient (Wildman–Crippen LogP) is 2.78. The first kappa shape index (κ1) is 11.9. The Balaban J connectivity index is 2.62. The van der Waals surface area contributed by atoms with Crippen LogP contribution in [0.2, 0.25) is 0 Å². The van der Waals surface area contributed by atoms with Crippen LogP contribution in [0.15, 0.2) is 24.4 Å². The Morgan fingerprint density at radius 3 is 2.62 bits per heavy atom. The molecule has 0 saturated carbocycles. The molecule has 3 nitrogen and oxygen atoms in total. The first-order valence-electron chi connectivity index (χ1n) is 5.30. The van der Waals surface area contributed by atoms with Crippen molar-refractivity contribution in [3.05, 3.63) is 35.9 Å². The maximum atomic E-state index is 4.70. The summed E-state index contributed by atoms with van der Waals surface area (Å²) in [5, 5.41) is 0. The van der Waals surface area contributed by atoms with Crippen LogP contribution < -0.4 is 0 Å². The zero-order valence-electron chi connectivity index (χ0n) is 10.1. The zero-order chi connectivity index (χ0) is 11.9. The van der Waals surface area contributed by atoms with Gasteiger partial charge in [-0.1, -0.05) is 6.07 Å². The van der Waals surface area contributed by atoms with Gasteiger partial charge in [-0.3, -0.25) is 0 Å². The molecule has 2 heterocycles. The molecule has 16 heavy (non-hydrogen) atoms. The van der Waals surface area contributed by atoms with Crippen LogP contribution in [0.25, 0.3) is 5.52 Å². The quantitative estimate of drug-likeness (QED) is 0.358. The number of hydrogen-bond donors (Lipinski definition) is 0. The molecule has 0 radical (unpaired) electrons. The normalized spacial score (nSPS) is 14.3. The van der Waals surface area contributed by atoms with Crippen LogP contribution in [0.3, 0.4) is 0 Å². The van der Waals surface area contributed by atoms with Crippen LogP contribution in [0.4, 0.5) is 0 Å². The van der Waals surface area contributed by atoms with Gasteiger partial charge in [0.15, 0.2) is 4.05 Å². The molecule has 0 spiro atoms. The average Bonchev–Trinajstić information content (AvgIpc) is 2.55. The van der Waals surface area contributed by atoms with Crippen LogP contribution >= 0.6 is 22.6 Å². The lowest BCUT2D eigenvalue weighted by Gasteiger charge is -2.29. The van der Waals surface area contributed by atoms with E-state index in [-0.39, 0.29) is 0 Å². The van der Waals surface area contributed by atoms with Crippen molar-refractivity contribution in [2.45, 2.75) is 11.0 Å². The van der Waals surface area contributed by atoms with Crippen LogP contribution in [-0.4, -0.2) is 35.0 Å². The van der Waals surface area contributed by atoms with E-state index in [0.717, 1.165) is 10.3 Å². The van der Waals surface area contributed by atoms with E-state index < -0.39 is 0 Å². The van der Waals surface area contributed by atoms with Crippen molar-refractivity contribution in [1.29, 1.82) is 0 Å². The van der Waals surface area contributed by atoms with Gasteiger partial charge in [-0.25, -0.2) is 4.98 Å². The van der Waals surface area contributed by atoms with E-state index in [4.69, 9.17) is 4.98 Å². The average molecular weight is 330 g/mol. The minimum Gasteiger partial charge on any atom is -0.315 e. The molecular formula is C12H17IN3+. The van der Waals surface area contributed by atoms with Gasteiger partial charge in [-0.05, 0) is 41.6 Å². The number of halogens is 1.